The second-order valence-corrected chi connectivity index (χ2v) is 9.20. The van der Waals surface area contributed by atoms with E-state index < -0.39 is 10.0 Å². The van der Waals surface area contributed by atoms with Crippen LogP contribution in [0.1, 0.15) is 19.5 Å². The lowest BCUT2D eigenvalue weighted by atomic mass is 10.3. The van der Waals surface area contributed by atoms with E-state index in [1.54, 1.807) is 6.20 Å². The highest BCUT2D eigenvalue weighted by atomic mass is 32.2. The molecule has 25 heavy (non-hydrogen) atoms. The number of ether oxygens (including phenoxy) is 1. The predicted octanol–water partition coefficient (Wildman–Crippen LogP) is 0.494. The molecule has 1 aliphatic rings. The molecule has 0 aliphatic carbocycles. The summed E-state index contributed by atoms with van der Waals surface area (Å²) in [6.07, 6.45) is 3.58. The summed E-state index contributed by atoms with van der Waals surface area (Å²) in [5.74, 6) is -0.346. The maximum absolute atomic E-state index is 12.4. The van der Waals surface area contributed by atoms with Gasteiger partial charge in [-0.25, -0.2) is 13.4 Å². The molecule has 0 bridgehead atoms. The van der Waals surface area contributed by atoms with Crippen LogP contribution in [0.2, 0.25) is 0 Å². The molecule has 0 unspecified atom stereocenters. The number of amides is 1. The van der Waals surface area contributed by atoms with Crippen molar-refractivity contribution in [3.05, 3.63) is 23.5 Å². The van der Waals surface area contributed by atoms with Crippen molar-refractivity contribution in [3.8, 4) is 0 Å². The molecule has 1 amide bonds. The zero-order valence-corrected chi connectivity index (χ0v) is 15.8. The first-order valence-corrected chi connectivity index (χ1v) is 10.6. The standard InChI is InChI=1S/C15H22N4O4S2/c1-11-8-19(9-12(2)23-11)25(21,22)6-3-16-14(20)7-13-10-18-4-5-24-15(18)17-13/h4-5,10-12H,3,6-9H2,1-2H3,(H,16,20)/t11-,12-/m1/s1. The van der Waals surface area contributed by atoms with E-state index in [4.69, 9.17) is 4.74 Å². The Labute approximate surface area is 150 Å². The molecule has 3 rings (SSSR count). The summed E-state index contributed by atoms with van der Waals surface area (Å²) in [6.45, 7) is 4.51. The molecule has 0 saturated carbocycles. The van der Waals surface area contributed by atoms with E-state index in [9.17, 15) is 13.2 Å². The summed E-state index contributed by atoms with van der Waals surface area (Å²) in [4.78, 5) is 17.2. The minimum atomic E-state index is -3.41. The molecule has 0 radical (unpaired) electrons. The average Bonchev–Trinajstić information content (AvgIpc) is 3.07. The number of thiazole rings is 1. The van der Waals surface area contributed by atoms with Crippen molar-refractivity contribution in [2.45, 2.75) is 32.5 Å². The summed E-state index contributed by atoms with van der Waals surface area (Å²) in [5.41, 5.74) is 0.669. The monoisotopic (exact) mass is 386 g/mol. The number of imidazole rings is 1. The molecule has 2 aromatic rings. The van der Waals surface area contributed by atoms with Crippen molar-refractivity contribution in [1.29, 1.82) is 0 Å². The Morgan fingerprint density at radius 1 is 1.40 bits per heavy atom. The van der Waals surface area contributed by atoms with E-state index in [1.165, 1.54) is 15.6 Å². The van der Waals surface area contributed by atoms with Gasteiger partial charge in [0.1, 0.15) is 0 Å². The number of hydrogen-bond acceptors (Lipinski definition) is 6. The molecule has 1 aliphatic heterocycles. The number of nitrogens with one attached hydrogen (secondary N) is 1. The minimum Gasteiger partial charge on any atom is -0.373 e. The molecule has 1 N–H and O–H groups in total. The first-order chi connectivity index (χ1) is 11.8. The summed E-state index contributed by atoms with van der Waals surface area (Å²) in [6, 6.07) is 0. The maximum atomic E-state index is 12.4. The Bertz CT molecular complexity index is 806. The zero-order chi connectivity index (χ0) is 18.0. The maximum Gasteiger partial charge on any atom is 0.226 e. The molecule has 0 aromatic carbocycles. The normalized spacial score (nSPS) is 22.3. The van der Waals surface area contributed by atoms with E-state index in [0.29, 0.717) is 18.8 Å². The Morgan fingerprint density at radius 2 is 2.12 bits per heavy atom. The Morgan fingerprint density at radius 3 is 2.80 bits per heavy atom. The van der Waals surface area contributed by atoms with Gasteiger partial charge in [0.2, 0.25) is 15.9 Å². The van der Waals surface area contributed by atoms with Gasteiger partial charge in [0.25, 0.3) is 0 Å². The SMILES string of the molecule is C[C@@H]1CN(S(=O)(=O)CCNC(=O)Cc2cn3ccsc3n2)C[C@@H](C)O1. The van der Waals surface area contributed by atoms with Gasteiger partial charge in [-0.2, -0.15) is 4.31 Å². The summed E-state index contributed by atoms with van der Waals surface area (Å²) < 4.78 is 33.7. The highest BCUT2D eigenvalue weighted by molar-refractivity contribution is 7.89. The molecular formula is C15H22N4O4S2. The molecule has 10 heteroatoms. The third kappa shape index (κ3) is 4.57. The molecule has 138 valence electrons. The fourth-order valence-electron chi connectivity index (χ4n) is 2.89. The Hall–Kier alpha value is -1.49. The first kappa shape index (κ1) is 18.3. The number of hydrogen-bond donors (Lipinski definition) is 1. The summed E-state index contributed by atoms with van der Waals surface area (Å²) in [5, 5.41) is 4.58. The largest absolute Gasteiger partial charge is 0.373 e. The number of rotatable bonds is 6. The van der Waals surface area contributed by atoms with Crippen LogP contribution in [0, 0.1) is 0 Å². The van der Waals surface area contributed by atoms with E-state index in [0.717, 1.165) is 4.96 Å². The number of carbonyl (C=O) groups is 1. The van der Waals surface area contributed by atoms with Gasteiger partial charge in [0.15, 0.2) is 4.96 Å². The van der Waals surface area contributed by atoms with Crippen LogP contribution in [0.15, 0.2) is 17.8 Å². The van der Waals surface area contributed by atoms with Gasteiger partial charge in [0, 0.05) is 37.4 Å². The number of morpholine rings is 1. The zero-order valence-electron chi connectivity index (χ0n) is 14.2. The average molecular weight is 386 g/mol. The van der Waals surface area contributed by atoms with Crippen molar-refractivity contribution in [1.82, 2.24) is 19.0 Å². The van der Waals surface area contributed by atoms with E-state index in [1.807, 2.05) is 29.8 Å². The molecule has 0 spiro atoms. The van der Waals surface area contributed by atoms with Gasteiger partial charge in [-0.3, -0.25) is 9.20 Å². The lowest BCUT2D eigenvalue weighted by Crippen LogP contribution is -2.49. The van der Waals surface area contributed by atoms with Crippen LogP contribution >= 0.6 is 11.3 Å². The molecule has 8 nitrogen and oxygen atoms in total. The van der Waals surface area contributed by atoms with Crippen LogP contribution in [-0.2, 0) is 26.0 Å². The molecule has 2 aromatic heterocycles. The number of sulfonamides is 1. The van der Waals surface area contributed by atoms with Gasteiger partial charge in [0.05, 0.1) is 30.1 Å². The van der Waals surface area contributed by atoms with Crippen molar-refractivity contribution < 1.29 is 17.9 Å². The van der Waals surface area contributed by atoms with Gasteiger partial charge >= 0.3 is 0 Å². The minimum absolute atomic E-state index is 0.0868. The second kappa shape index (κ2) is 7.40. The fourth-order valence-corrected chi connectivity index (χ4v) is 5.11. The van der Waals surface area contributed by atoms with Crippen molar-refractivity contribution >= 4 is 32.2 Å². The molecular weight excluding hydrogens is 364 g/mol. The number of fused-ring (bicyclic) bond motifs is 1. The van der Waals surface area contributed by atoms with Gasteiger partial charge in [-0.15, -0.1) is 11.3 Å². The quantitative estimate of drug-likeness (QED) is 0.780. The van der Waals surface area contributed by atoms with Gasteiger partial charge < -0.3 is 10.1 Å². The Balaban J connectivity index is 1.48. The van der Waals surface area contributed by atoms with Crippen LogP contribution < -0.4 is 5.32 Å². The van der Waals surface area contributed by atoms with Crippen LogP contribution in [0.3, 0.4) is 0 Å². The van der Waals surface area contributed by atoms with Gasteiger partial charge in [-0.05, 0) is 13.8 Å². The molecule has 1 saturated heterocycles. The van der Waals surface area contributed by atoms with Crippen molar-refractivity contribution in [2.75, 3.05) is 25.4 Å². The summed E-state index contributed by atoms with van der Waals surface area (Å²) >= 11 is 1.50. The van der Waals surface area contributed by atoms with E-state index in [2.05, 4.69) is 10.3 Å². The van der Waals surface area contributed by atoms with Crippen molar-refractivity contribution in [2.24, 2.45) is 0 Å². The third-order valence-electron chi connectivity index (χ3n) is 3.95. The highest BCUT2D eigenvalue weighted by Crippen LogP contribution is 2.15. The van der Waals surface area contributed by atoms with Gasteiger partial charge in [-0.1, -0.05) is 0 Å². The number of nitrogens with zero attached hydrogens (tertiary/aromatic N) is 3. The fraction of sp³-hybridized carbons (Fsp3) is 0.600. The highest BCUT2D eigenvalue weighted by Gasteiger charge is 2.30. The lowest BCUT2D eigenvalue weighted by Gasteiger charge is -2.34. The topological polar surface area (TPSA) is 93.0 Å². The van der Waals surface area contributed by atoms with E-state index >= 15 is 0 Å². The molecule has 2 atom stereocenters. The van der Waals surface area contributed by atoms with Crippen LogP contribution in [0.5, 0.6) is 0 Å². The van der Waals surface area contributed by atoms with Crippen molar-refractivity contribution in [3.63, 3.8) is 0 Å². The molecule has 1 fully saturated rings. The number of aromatic nitrogens is 2. The second-order valence-electron chi connectivity index (χ2n) is 6.24. The van der Waals surface area contributed by atoms with Crippen LogP contribution in [0.4, 0.5) is 0 Å². The first-order valence-electron chi connectivity index (χ1n) is 8.14. The third-order valence-corrected chi connectivity index (χ3v) is 6.52. The summed E-state index contributed by atoms with van der Waals surface area (Å²) in [7, 11) is -3.41. The number of carbonyl (C=O) groups excluding carboxylic acids is 1. The Kier molecular flexibility index (Phi) is 5.42. The predicted molar refractivity (Wildman–Crippen MR) is 95.2 cm³/mol. The van der Waals surface area contributed by atoms with Crippen LogP contribution in [0.25, 0.3) is 4.96 Å². The smallest absolute Gasteiger partial charge is 0.226 e. The van der Waals surface area contributed by atoms with E-state index in [-0.39, 0.29) is 36.8 Å². The molecule has 3 heterocycles. The van der Waals surface area contributed by atoms with Crippen LogP contribution in [-0.4, -0.2) is 65.6 Å². The lowest BCUT2D eigenvalue weighted by molar-refractivity contribution is -0.120.